The topological polar surface area (TPSA) is 57.5 Å². The Morgan fingerprint density at radius 3 is 1.15 bits per heavy atom. The molecule has 0 heterocycles. The SMILES string of the molecule is CCCCCCCCCCCCCC(CCCC)CCCC.O=[PH](O)O. The molecule has 160 valence electrons. The van der Waals surface area contributed by atoms with E-state index in [2.05, 4.69) is 20.8 Å². The fraction of sp³-hybridized carbons (Fsp3) is 1.00. The molecule has 0 aliphatic heterocycles. The van der Waals surface area contributed by atoms with Crippen LogP contribution < -0.4 is 0 Å². The summed E-state index contributed by atoms with van der Waals surface area (Å²) in [6.07, 6.45) is 26.3. The summed E-state index contributed by atoms with van der Waals surface area (Å²) < 4.78 is 8.74. The largest absolute Gasteiger partial charge is 0.326 e. The third-order valence-corrected chi connectivity index (χ3v) is 5.15. The lowest BCUT2D eigenvalue weighted by molar-refractivity contribution is 0.376. The van der Waals surface area contributed by atoms with Crippen molar-refractivity contribution >= 4 is 8.25 Å². The van der Waals surface area contributed by atoms with Crippen molar-refractivity contribution in [1.82, 2.24) is 0 Å². The van der Waals surface area contributed by atoms with Gasteiger partial charge in [0.2, 0.25) is 0 Å². The number of hydrogen-bond donors (Lipinski definition) is 2. The third kappa shape index (κ3) is 28.9. The maximum Gasteiger partial charge on any atom is 0.314 e. The Hall–Kier alpha value is 0.150. The van der Waals surface area contributed by atoms with Gasteiger partial charge in [0.25, 0.3) is 0 Å². The van der Waals surface area contributed by atoms with E-state index in [-0.39, 0.29) is 0 Å². The van der Waals surface area contributed by atoms with Crippen molar-refractivity contribution in [2.24, 2.45) is 5.92 Å². The van der Waals surface area contributed by atoms with Gasteiger partial charge >= 0.3 is 8.25 Å². The van der Waals surface area contributed by atoms with Crippen molar-refractivity contribution in [1.29, 1.82) is 0 Å². The monoisotopic (exact) mass is 392 g/mol. The third-order valence-electron chi connectivity index (χ3n) is 5.15. The molecule has 4 heteroatoms. The van der Waals surface area contributed by atoms with Crippen molar-refractivity contribution in [3.8, 4) is 0 Å². The minimum atomic E-state index is -3.13. The zero-order valence-electron chi connectivity index (χ0n) is 18.1. The maximum absolute atomic E-state index is 8.74. The maximum atomic E-state index is 8.74. The van der Waals surface area contributed by atoms with E-state index in [0.717, 1.165) is 5.92 Å². The predicted octanol–water partition coefficient (Wildman–Crippen LogP) is 8.04. The summed E-state index contributed by atoms with van der Waals surface area (Å²) in [6.45, 7) is 6.97. The quantitative estimate of drug-likeness (QED) is 0.183. The van der Waals surface area contributed by atoms with E-state index >= 15 is 0 Å². The average Bonchev–Trinajstić information content (AvgIpc) is 2.60. The van der Waals surface area contributed by atoms with E-state index in [9.17, 15) is 0 Å². The summed E-state index contributed by atoms with van der Waals surface area (Å²) in [5, 5.41) is 0. The minimum Gasteiger partial charge on any atom is -0.326 e. The Morgan fingerprint density at radius 1 is 0.538 bits per heavy atom. The molecule has 0 radical (unpaired) electrons. The molecular formula is C22H49O3P. The first-order valence-corrected chi connectivity index (χ1v) is 12.8. The van der Waals surface area contributed by atoms with Gasteiger partial charge in [0.1, 0.15) is 0 Å². The highest BCUT2D eigenvalue weighted by Gasteiger charge is 2.07. The van der Waals surface area contributed by atoms with E-state index in [0.29, 0.717) is 0 Å². The van der Waals surface area contributed by atoms with Gasteiger partial charge in [-0.05, 0) is 5.92 Å². The van der Waals surface area contributed by atoms with Crippen LogP contribution in [0.15, 0.2) is 0 Å². The summed E-state index contributed by atoms with van der Waals surface area (Å²) >= 11 is 0. The van der Waals surface area contributed by atoms with Crippen LogP contribution in [-0.2, 0) is 4.57 Å². The van der Waals surface area contributed by atoms with Crippen LogP contribution in [0.1, 0.15) is 136 Å². The van der Waals surface area contributed by atoms with Crippen LogP contribution in [0.25, 0.3) is 0 Å². The van der Waals surface area contributed by atoms with Crippen LogP contribution in [0.3, 0.4) is 0 Å². The lowest BCUT2D eigenvalue weighted by Crippen LogP contribution is -2.01. The molecule has 0 saturated heterocycles. The second-order valence-corrected chi connectivity index (χ2v) is 8.32. The van der Waals surface area contributed by atoms with Crippen LogP contribution in [0, 0.1) is 5.92 Å². The average molecular weight is 393 g/mol. The van der Waals surface area contributed by atoms with Crippen LogP contribution in [0.4, 0.5) is 0 Å². The van der Waals surface area contributed by atoms with Crippen molar-refractivity contribution in [3.63, 3.8) is 0 Å². The Morgan fingerprint density at radius 2 is 0.808 bits per heavy atom. The molecule has 0 saturated carbocycles. The predicted molar refractivity (Wildman–Crippen MR) is 117 cm³/mol. The molecule has 0 rings (SSSR count). The summed E-state index contributed by atoms with van der Waals surface area (Å²) in [6, 6.07) is 0. The van der Waals surface area contributed by atoms with Crippen molar-refractivity contribution in [2.75, 3.05) is 0 Å². The second kappa shape index (κ2) is 25.1. The molecule has 0 aromatic rings. The molecule has 2 N–H and O–H groups in total. The van der Waals surface area contributed by atoms with Gasteiger partial charge < -0.3 is 9.79 Å². The first-order chi connectivity index (χ1) is 12.6. The fourth-order valence-corrected chi connectivity index (χ4v) is 3.52. The van der Waals surface area contributed by atoms with Crippen molar-refractivity contribution < 1.29 is 14.4 Å². The highest BCUT2D eigenvalue weighted by Crippen LogP contribution is 2.23. The molecule has 0 aliphatic carbocycles. The Balaban J connectivity index is 0. The minimum absolute atomic E-state index is 1.04. The standard InChI is InChI=1S/C22H46.H3O3P/c1-4-7-10-11-12-13-14-15-16-17-18-21-22(19-8-5-2)20-9-6-3;1-4(2)3/h22H,4-21H2,1-3H3;4H,(H2,1,2,3). The van der Waals surface area contributed by atoms with Crippen LogP contribution in [0.2, 0.25) is 0 Å². The van der Waals surface area contributed by atoms with Crippen LogP contribution in [-0.4, -0.2) is 9.79 Å². The zero-order chi connectivity index (χ0) is 19.9. The molecule has 0 spiro atoms. The van der Waals surface area contributed by atoms with E-state index in [4.69, 9.17) is 14.4 Å². The summed E-state index contributed by atoms with van der Waals surface area (Å²) in [5.74, 6) is 1.04. The summed E-state index contributed by atoms with van der Waals surface area (Å²) in [4.78, 5) is 14.3. The Labute approximate surface area is 165 Å². The van der Waals surface area contributed by atoms with Crippen LogP contribution >= 0.6 is 8.25 Å². The molecule has 0 amide bonds. The molecule has 0 fully saturated rings. The second-order valence-electron chi connectivity index (χ2n) is 7.76. The molecule has 0 bridgehead atoms. The zero-order valence-corrected chi connectivity index (χ0v) is 19.1. The van der Waals surface area contributed by atoms with E-state index in [1.807, 2.05) is 0 Å². The van der Waals surface area contributed by atoms with Gasteiger partial charge in [0, 0.05) is 0 Å². The number of rotatable bonds is 18. The van der Waals surface area contributed by atoms with Gasteiger partial charge in [-0.3, -0.25) is 4.57 Å². The molecular weight excluding hydrogens is 343 g/mol. The smallest absolute Gasteiger partial charge is 0.314 e. The molecule has 26 heavy (non-hydrogen) atoms. The molecule has 0 aromatic carbocycles. The summed E-state index contributed by atoms with van der Waals surface area (Å²) in [7, 11) is -3.13. The highest BCUT2D eigenvalue weighted by atomic mass is 31.1. The molecule has 0 atom stereocenters. The lowest BCUT2D eigenvalue weighted by Gasteiger charge is -2.16. The van der Waals surface area contributed by atoms with E-state index < -0.39 is 8.25 Å². The number of hydrogen-bond acceptors (Lipinski definition) is 1. The first kappa shape index (κ1) is 28.4. The fourth-order valence-electron chi connectivity index (χ4n) is 3.52. The van der Waals surface area contributed by atoms with Gasteiger partial charge in [-0.1, -0.05) is 136 Å². The van der Waals surface area contributed by atoms with Gasteiger partial charge in [0.05, 0.1) is 0 Å². The molecule has 0 aliphatic rings. The van der Waals surface area contributed by atoms with Gasteiger partial charge in [-0.15, -0.1) is 0 Å². The first-order valence-electron chi connectivity index (χ1n) is 11.5. The van der Waals surface area contributed by atoms with E-state index in [1.165, 1.54) is 116 Å². The Bertz CT molecular complexity index is 260. The van der Waals surface area contributed by atoms with Gasteiger partial charge in [-0.25, -0.2) is 0 Å². The molecule has 3 nitrogen and oxygen atoms in total. The summed E-state index contributed by atoms with van der Waals surface area (Å²) in [5.41, 5.74) is 0. The van der Waals surface area contributed by atoms with Crippen molar-refractivity contribution in [3.05, 3.63) is 0 Å². The molecule has 0 unspecified atom stereocenters. The highest BCUT2D eigenvalue weighted by molar-refractivity contribution is 7.30. The van der Waals surface area contributed by atoms with Gasteiger partial charge in [-0.2, -0.15) is 0 Å². The normalized spacial score (nSPS) is 11.0. The molecule has 0 aromatic heterocycles. The Kier molecular flexibility index (Phi) is 27.4. The van der Waals surface area contributed by atoms with Crippen LogP contribution in [0.5, 0.6) is 0 Å². The number of unbranched alkanes of at least 4 members (excludes halogenated alkanes) is 12. The van der Waals surface area contributed by atoms with E-state index in [1.54, 1.807) is 0 Å². The van der Waals surface area contributed by atoms with Crippen molar-refractivity contribution in [2.45, 2.75) is 136 Å². The van der Waals surface area contributed by atoms with Gasteiger partial charge in [0.15, 0.2) is 0 Å². The lowest BCUT2D eigenvalue weighted by atomic mass is 9.90.